The van der Waals surface area contributed by atoms with E-state index < -0.39 is 0 Å². The Morgan fingerprint density at radius 3 is 2.83 bits per heavy atom. The molecule has 2 rings (SSSR count). The Kier molecular flexibility index (Phi) is 4.04. The molecule has 2 aromatic rings. The largest absolute Gasteiger partial charge is 0.324 e. The van der Waals surface area contributed by atoms with E-state index in [0.29, 0.717) is 6.04 Å². The van der Waals surface area contributed by atoms with Gasteiger partial charge in [0.25, 0.3) is 0 Å². The Morgan fingerprint density at radius 2 is 2.17 bits per heavy atom. The van der Waals surface area contributed by atoms with Crippen LogP contribution in [0, 0.1) is 0 Å². The zero-order valence-corrected chi connectivity index (χ0v) is 10.8. The molecule has 5 heteroatoms. The smallest absolute Gasteiger partial charge is 0.0643 e. The lowest BCUT2D eigenvalue weighted by atomic mass is 10.1. The first kappa shape index (κ1) is 12.7. The van der Waals surface area contributed by atoms with E-state index in [4.69, 9.17) is 5.73 Å². The van der Waals surface area contributed by atoms with Crippen molar-refractivity contribution in [1.82, 2.24) is 20.0 Å². The first-order chi connectivity index (χ1) is 8.70. The Balaban J connectivity index is 2.03. The molecule has 0 aromatic carbocycles. The highest BCUT2D eigenvalue weighted by Gasteiger charge is 2.10. The summed E-state index contributed by atoms with van der Waals surface area (Å²) in [5.41, 5.74) is 8.13. The maximum Gasteiger partial charge on any atom is 0.0643 e. The van der Waals surface area contributed by atoms with Gasteiger partial charge in [0.15, 0.2) is 0 Å². The van der Waals surface area contributed by atoms with Gasteiger partial charge in [-0.1, -0.05) is 6.92 Å². The molecule has 0 bridgehead atoms. The van der Waals surface area contributed by atoms with Crippen LogP contribution in [0.1, 0.15) is 43.6 Å². The molecule has 0 radical (unpaired) electrons. The maximum atomic E-state index is 6.13. The molecule has 0 aliphatic rings. The summed E-state index contributed by atoms with van der Waals surface area (Å²) in [6.07, 6.45) is 7.17. The summed E-state index contributed by atoms with van der Waals surface area (Å²) < 4.78 is 1.99. The van der Waals surface area contributed by atoms with Crippen LogP contribution in [0.25, 0.3) is 0 Å². The van der Waals surface area contributed by atoms with E-state index in [1.165, 1.54) is 0 Å². The second-order valence-corrected chi connectivity index (χ2v) is 4.53. The van der Waals surface area contributed by atoms with Gasteiger partial charge in [0.1, 0.15) is 0 Å². The van der Waals surface area contributed by atoms with Crippen LogP contribution in [-0.2, 0) is 6.42 Å². The summed E-state index contributed by atoms with van der Waals surface area (Å²) in [7, 11) is 0. The summed E-state index contributed by atoms with van der Waals surface area (Å²) in [5, 5.41) is 12.1. The van der Waals surface area contributed by atoms with E-state index in [0.717, 1.165) is 24.1 Å². The molecule has 2 aromatic heterocycles. The van der Waals surface area contributed by atoms with E-state index in [-0.39, 0.29) is 6.04 Å². The number of hydrogen-bond donors (Lipinski definition) is 1. The highest BCUT2D eigenvalue weighted by Crippen LogP contribution is 2.15. The van der Waals surface area contributed by atoms with Gasteiger partial charge in [-0.25, -0.2) is 0 Å². The van der Waals surface area contributed by atoms with Gasteiger partial charge in [0.2, 0.25) is 0 Å². The molecule has 2 unspecified atom stereocenters. The lowest BCUT2D eigenvalue weighted by Crippen LogP contribution is -2.14. The molecule has 18 heavy (non-hydrogen) atoms. The van der Waals surface area contributed by atoms with Crippen LogP contribution in [0.3, 0.4) is 0 Å². The van der Waals surface area contributed by atoms with Gasteiger partial charge in [-0.3, -0.25) is 4.68 Å². The van der Waals surface area contributed by atoms with Crippen LogP contribution in [0.15, 0.2) is 30.7 Å². The van der Waals surface area contributed by atoms with Crippen LogP contribution < -0.4 is 5.73 Å². The van der Waals surface area contributed by atoms with Crippen molar-refractivity contribution >= 4 is 0 Å². The van der Waals surface area contributed by atoms with Crippen molar-refractivity contribution in [1.29, 1.82) is 0 Å². The standard InChI is InChI=1S/C13H19N5/c1-3-10(2)18-7-5-12(17-18)8-13(14)11-4-6-15-16-9-11/h4-7,9-10,13H,3,8,14H2,1-2H3. The second-order valence-electron chi connectivity index (χ2n) is 4.53. The summed E-state index contributed by atoms with van der Waals surface area (Å²) >= 11 is 0. The molecule has 96 valence electrons. The fourth-order valence-corrected chi connectivity index (χ4v) is 1.78. The van der Waals surface area contributed by atoms with Gasteiger partial charge in [-0.2, -0.15) is 15.3 Å². The van der Waals surface area contributed by atoms with Crippen LogP contribution in [0.5, 0.6) is 0 Å². The number of nitrogens with two attached hydrogens (primary N) is 1. The van der Waals surface area contributed by atoms with Gasteiger partial charge >= 0.3 is 0 Å². The van der Waals surface area contributed by atoms with Gasteiger partial charge in [0, 0.05) is 30.9 Å². The SMILES string of the molecule is CCC(C)n1ccc(CC(N)c2ccnnc2)n1. The van der Waals surface area contributed by atoms with E-state index in [9.17, 15) is 0 Å². The van der Waals surface area contributed by atoms with Crippen molar-refractivity contribution in [3.05, 3.63) is 42.0 Å². The zero-order valence-electron chi connectivity index (χ0n) is 10.8. The van der Waals surface area contributed by atoms with Gasteiger partial charge in [-0.05, 0) is 31.0 Å². The number of aromatic nitrogens is 4. The molecular formula is C13H19N5. The summed E-state index contributed by atoms with van der Waals surface area (Å²) in [6.45, 7) is 4.31. The highest BCUT2D eigenvalue weighted by molar-refractivity contribution is 5.14. The van der Waals surface area contributed by atoms with Crippen LogP contribution in [0.4, 0.5) is 0 Å². The van der Waals surface area contributed by atoms with Crippen molar-refractivity contribution in [3.8, 4) is 0 Å². The minimum absolute atomic E-state index is 0.0826. The summed E-state index contributed by atoms with van der Waals surface area (Å²) in [6, 6.07) is 4.27. The first-order valence-corrected chi connectivity index (χ1v) is 6.27. The fraction of sp³-hybridized carbons (Fsp3) is 0.462. The van der Waals surface area contributed by atoms with E-state index in [1.807, 2.05) is 23.0 Å². The molecule has 0 aliphatic heterocycles. The Bertz CT molecular complexity index is 479. The Labute approximate surface area is 107 Å². The van der Waals surface area contributed by atoms with E-state index in [2.05, 4.69) is 29.1 Å². The van der Waals surface area contributed by atoms with Crippen molar-refractivity contribution < 1.29 is 0 Å². The van der Waals surface area contributed by atoms with Crippen LogP contribution >= 0.6 is 0 Å². The third-order valence-electron chi connectivity index (χ3n) is 3.17. The maximum absolute atomic E-state index is 6.13. The fourth-order valence-electron chi connectivity index (χ4n) is 1.78. The molecular weight excluding hydrogens is 226 g/mol. The quantitative estimate of drug-likeness (QED) is 0.873. The average molecular weight is 245 g/mol. The van der Waals surface area contributed by atoms with Crippen molar-refractivity contribution in [2.24, 2.45) is 5.73 Å². The number of rotatable bonds is 5. The molecule has 0 amide bonds. The average Bonchev–Trinajstić information content (AvgIpc) is 2.87. The second kappa shape index (κ2) is 5.73. The van der Waals surface area contributed by atoms with Crippen molar-refractivity contribution in [2.45, 2.75) is 38.8 Å². The number of hydrogen-bond acceptors (Lipinski definition) is 4. The van der Waals surface area contributed by atoms with Gasteiger partial charge < -0.3 is 5.73 Å². The summed E-state index contributed by atoms with van der Waals surface area (Å²) in [4.78, 5) is 0. The van der Waals surface area contributed by atoms with Crippen molar-refractivity contribution in [3.63, 3.8) is 0 Å². The van der Waals surface area contributed by atoms with Crippen LogP contribution in [-0.4, -0.2) is 20.0 Å². The zero-order chi connectivity index (χ0) is 13.0. The molecule has 2 atom stereocenters. The lowest BCUT2D eigenvalue weighted by Gasteiger charge is -2.10. The monoisotopic (exact) mass is 245 g/mol. The minimum atomic E-state index is -0.0826. The molecule has 0 saturated carbocycles. The van der Waals surface area contributed by atoms with Gasteiger partial charge in [-0.15, -0.1) is 0 Å². The van der Waals surface area contributed by atoms with Gasteiger partial charge in [0.05, 0.1) is 11.9 Å². The van der Waals surface area contributed by atoms with E-state index in [1.54, 1.807) is 12.4 Å². The summed E-state index contributed by atoms with van der Waals surface area (Å²) in [5.74, 6) is 0. The Hall–Kier alpha value is -1.75. The Morgan fingerprint density at radius 1 is 1.33 bits per heavy atom. The molecule has 0 fully saturated rings. The van der Waals surface area contributed by atoms with Crippen molar-refractivity contribution in [2.75, 3.05) is 0 Å². The molecule has 5 nitrogen and oxygen atoms in total. The first-order valence-electron chi connectivity index (χ1n) is 6.27. The third-order valence-corrected chi connectivity index (χ3v) is 3.17. The molecule has 2 heterocycles. The third kappa shape index (κ3) is 2.92. The normalized spacial score (nSPS) is 14.4. The molecule has 0 aliphatic carbocycles. The lowest BCUT2D eigenvalue weighted by molar-refractivity contribution is 0.472. The molecule has 0 saturated heterocycles. The van der Waals surface area contributed by atoms with Crippen LogP contribution in [0.2, 0.25) is 0 Å². The number of nitrogens with zero attached hydrogens (tertiary/aromatic N) is 4. The predicted molar refractivity (Wildman–Crippen MR) is 69.9 cm³/mol. The molecule has 2 N–H and O–H groups in total. The minimum Gasteiger partial charge on any atom is -0.324 e. The topological polar surface area (TPSA) is 69.6 Å². The van der Waals surface area contributed by atoms with E-state index >= 15 is 0 Å². The highest BCUT2D eigenvalue weighted by atomic mass is 15.3. The molecule has 0 spiro atoms. The predicted octanol–water partition coefficient (Wildman–Crippen LogP) is 1.89.